The van der Waals surface area contributed by atoms with Crippen LogP contribution in [0.25, 0.3) is 103 Å². The molecule has 0 unspecified atom stereocenters. The second-order valence-electron chi connectivity index (χ2n) is 12.2. The standard InChI is InChI=1S/C42H23N3OS/c1-2-9-24(10-3-1)27-13-6-14-28(23-27)39-41-40(29-15-4-5-16-32(29)46-41)44-42(43-39)45-30-21-19-25-11-7-17-33-35(25)37(30)38-31(45)22-20-26-12-8-18-34(47-33)36(26)38/h1-23H. The molecule has 4 nitrogen and oxygen atoms in total. The molecule has 0 spiro atoms. The van der Waals surface area contributed by atoms with Gasteiger partial charge in [0.15, 0.2) is 5.58 Å². The van der Waals surface area contributed by atoms with E-state index in [0.717, 1.165) is 49.9 Å². The van der Waals surface area contributed by atoms with E-state index in [4.69, 9.17) is 14.4 Å². The van der Waals surface area contributed by atoms with Gasteiger partial charge in [0.2, 0.25) is 5.95 Å². The van der Waals surface area contributed by atoms with Gasteiger partial charge in [-0.15, -0.1) is 11.3 Å². The number of nitrogens with zero attached hydrogens (tertiary/aromatic N) is 3. The Balaban J connectivity index is 1.30. The molecule has 0 aliphatic rings. The summed E-state index contributed by atoms with van der Waals surface area (Å²) >= 11 is 1.86. The SMILES string of the molecule is c1ccc(-c2cccc(-c3nc(-n4c5ccc6cccc7sc8cccc9ccc4c(c98)c5c67)nc4c3oc3ccccc34)c2)cc1. The first-order valence-electron chi connectivity index (χ1n) is 15.8. The summed E-state index contributed by atoms with van der Waals surface area (Å²) in [6, 6.07) is 49.4. The molecule has 0 aliphatic carbocycles. The van der Waals surface area contributed by atoms with Crippen molar-refractivity contribution < 1.29 is 4.42 Å². The van der Waals surface area contributed by atoms with Gasteiger partial charge in [-0.05, 0) is 64.4 Å². The fourth-order valence-electron chi connectivity index (χ4n) is 7.53. The zero-order valence-corrected chi connectivity index (χ0v) is 25.8. The first-order chi connectivity index (χ1) is 23.3. The Morgan fingerprint density at radius 3 is 1.89 bits per heavy atom. The molecule has 0 N–H and O–H groups in total. The van der Waals surface area contributed by atoms with Crippen LogP contribution in [0.1, 0.15) is 0 Å². The molecule has 0 saturated carbocycles. The van der Waals surface area contributed by atoms with Gasteiger partial charge in [-0.3, -0.25) is 4.57 Å². The summed E-state index contributed by atoms with van der Waals surface area (Å²) in [5.74, 6) is 0.631. The van der Waals surface area contributed by atoms with E-state index in [1.54, 1.807) is 0 Å². The van der Waals surface area contributed by atoms with Crippen LogP contribution in [-0.4, -0.2) is 14.5 Å². The average molecular weight is 618 g/mol. The van der Waals surface area contributed by atoms with E-state index < -0.39 is 0 Å². The molecule has 0 aliphatic heterocycles. The van der Waals surface area contributed by atoms with E-state index in [9.17, 15) is 0 Å². The van der Waals surface area contributed by atoms with Gasteiger partial charge in [-0.25, -0.2) is 9.97 Å². The second-order valence-corrected chi connectivity index (χ2v) is 13.2. The molecule has 7 aromatic carbocycles. The van der Waals surface area contributed by atoms with Crippen molar-refractivity contribution in [1.29, 1.82) is 0 Å². The van der Waals surface area contributed by atoms with Crippen molar-refractivity contribution in [2.75, 3.05) is 0 Å². The van der Waals surface area contributed by atoms with Crippen molar-refractivity contribution in [2.45, 2.75) is 0 Å². The molecule has 0 saturated heterocycles. The maximum absolute atomic E-state index is 6.53. The minimum Gasteiger partial charge on any atom is -0.452 e. The molecule has 218 valence electrons. The largest absolute Gasteiger partial charge is 0.452 e. The highest BCUT2D eigenvalue weighted by Gasteiger charge is 2.24. The normalized spacial score (nSPS) is 12.3. The van der Waals surface area contributed by atoms with Gasteiger partial charge >= 0.3 is 0 Å². The zero-order valence-electron chi connectivity index (χ0n) is 24.9. The van der Waals surface area contributed by atoms with Gasteiger partial charge in [-0.1, -0.05) is 97.1 Å². The molecule has 11 rings (SSSR count). The molecular weight excluding hydrogens is 595 g/mol. The zero-order chi connectivity index (χ0) is 30.6. The third-order valence-corrected chi connectivity index (χ3v) is 10.7. The molecular formula is C42H23N3OS. The topological polar surface area (TPSA) is 43.9 Å². The number of furan rings is 1. The second kappa shape index (κ2) is 9.25. The first kappa shape index (κ1) is 25.2. The Labute approximate surface area is 272 Å². The lowest BCUT2D eigenvalue weighted by atomic mass is 10.00. The summed E-state index contributed by atoms with van der Waals surface area (Å²) in [5.41, 5.74) is 8.55. The van der Waals surface area contributed by atoms with Gasteiger partial charge in [-0.2, -0.15) is 0 Å². The van der Waals surface area contributed by atoms with E-state index in [-0.39, 0.29) is 0 Å². The molecule has 47 heavy (non-hydrogen) atoms. The van der Waals surface area contributed by atoms with E-state index in [2.05, 4.69) is 120 Å². The van der Waals surface area contributed by atoms with Crippen LogP contribution in [0.5, 0.6) is 0 Å². The minimum absolute atomic E-state index is 0.631. The summed E-state index contributed by atoms with van der Waals surface area (Å²) in [6.45, 7) is 0. The molecule has 0 amide bonds. The molecule has 5 heteroatoms. The number of aromatic nitrogens is 3. The van der Waals surface area contributed by atoms with Crippen LogP contribution in [0.2, 0.25) is 0 Å². The Kier molecular flexibility index (Phi) is 4.96. The van der Waals surface area contributed by atoms with Crippen molar-refractivity contribution in [3.05, 3.63) is 140 Å². The summed E-state index contributed by atoms with van der Waals surface area (Å²) in [4.78, 5) is 10.7. The third kappa shape index (κ3) is 3.46. The molecule has 0 atom stereocenters. The van der Waals surface area contributed by atoms with Crippen LogP contribution in [-0.2, 0) is 0 Å². The molecule has 0 fully saturated rings. The quantitative estimate of drug-likeness (QED) is 0.198. The van der Waals surface area contributed by atoms with Crippen molar-refractivity contribution >= 4 is 86.2 Å². The lowest BCUT2D eigenvalue weighted by Gasteiger charge is -2.11. The molecule has 4 heterocycles. The smallest absolute Gasteiger partial charge is 0.236 e. The van der Waals surface area contributed by atoms with Gasteiger partial charge in [0.05, 0.1) is 11.0 Å². The van der Waals surface area contributed by atoms with E-state index in [1.807, 2.05) is 35.6 Å². The number of para-hydroxylation sites is 1. The van der Waals surface area contributed by atoms with Crippen LogP contribution in [0, 0.1) is 0 Å². The van der Waals surface area contributed by atoms with E-state index in [0.29, 0.717) is 11.5 Å². The van der Waals surface area contributed by atoms with Gasteiger partial charge in [0, 0.05) is 41.9 Å². The van der Waals surface area contributed by atoms with Gasteiger partial charge < -0.3 is 4.42 Å². The fraction of sp³-hybridized carbons (Fsp3) is 0. The predicted molar refractivity (Wildman–Crippen MR) is 196 cm³/mol. The average Bonchev–Trinajstić information content (AvgIpc) is 3.63. The number of hydrogen-bond acceptors (Lipinski definition) is 4. The number of benzene rings is 7. The van der Waals surface area contributed by atoms with Gasteiger partial charge in [0.25, 0.3) is 0 Å². The maximum atomic E-state index is 6.53. The summed E-state index contributed by atoms with van der Waals surface area (Å²) in [5, 5.41) is 8.53. The predicted octanol–water partition coefficient (Wildman–Crippen LogP) is 11.8. The van der Waals surface area contributed by atoms with Crippen LogP contribution in [0.3, 0.4) is 0 Å². The van der Waals surface area contributed by atoms with Crippen molar-refractivity contribution in [1.82, 2.24) is 14.5 Å². The monoisotopic (exact) mass is 617 g/mol. The van der Waals surface area contributed by atoms with E-state index in [1.165, 1.54) is 41.7 Å². The number of hydrogen-bond donors (Lipinski definition) is 0. The lowest BCUT2D eigenvalue weighted by Crippen LogP contribution is -2.03. The number of fused-ring (bicyclic) bond motifs is 3. The highest BCUT2D eigenvalue weighted by Crippen LogP contribution is 2.46. The first-order valence-corrected chi connectivity index (χ1v) is 16.6. The number of rotatable bonds is 3. The fourth-order valence-corrected chi connectivity index (χ4v) is 8.71. The highest BCUT2D eigenvalue weighted by atomic mass is 32.1. The lowest BCUT2D eigenvalue weighted by molar-refractivity contribution is 0.666. The highest BCUT2D eigenvalue weighted by molar-refractivity contribution is 7.24. The Morgan fingerprint density at radius 1 is 0.511 bits per heavy atom. The van der Waals surface area contributed by atoms with Gasteiger partial charge in [0.1, 0.15) is 16.8 Å². The van der Waals surface area contributed by atoms with Crippen LogP contribution < -0.4 is 0 Å². The van der Waals surface area contributed by atoms with E-state index >= 15 is 0 Å². The third-order valence-electron chi connectivity index (χ3n) is 9.57. The van der Waals surface area contributed by atoms with Crippen LogP contribution in [0.4, 0.5) is 0 Å². The Hall–Kier alpha value is -6.04. The molecule has 11 aromatic rings. The maximum Gasteiger partial charge on any atom is 0.236 e. The van der Waals surface area contributed by atoms with Crippen molar-refractivity contribution in [2.24, 2.45) is 0 Å². The molecule has 0 radical (unpaired) electrons. The minimum atomic E-state index is 0.631. The van der Waals surface area contributed by atoms with Crippen LogP contribution >= 0.6 is 11.3 Å². The van der Waals surface area contributed by atoms with Crippen molar-refractivity contribution in [3.63, 3.8) is 0 Å². The van der Waals surface area contributed by atoms with Crippen molar-refractivity contribution in [3.8, 4) is 28.3 Å². The molecule has 0 bridgehead atoms. The molecule has 4 aromatic heterocycles. The summed E-state index contributed by atoms with van der Waals surface area (Å²) < 4.78 is 11.3. The summed E-state index contributed by atoms with van der Waals surface area (Å²) in [6.07, 6.45) is 0. The Morgan fingerprint density at radius 2 is 1.15 bits per heavy atom. The summed E-state index contributed by atoms with van der Waals surface area (Å²) in [7, 11) is 0. The Bertz CT molecular complexity index is 2920. The van der Waals surface area contributed by atoms with Crippen LogP contribution in [0.15, 0.2) is 144 Å².